The third-order valence-electron chi connectivity index (χ3n) is 3.22. The minimum Gasteiger partial charge on any atom is -0.313 e. The fourth-order valence-electron chi connectivity index (χ4n) is 2.20. The van der Waals surface area contributed by atoms with E-state index in [1.54, 1.807) is 0 Å². The van der Waals surface area contributed by atoms with Gasteiger partial charge in [-0.2, -0.15) is 0 Å². The maximum Gasteiger partial charge on any atom is 0.138 e. The maximum atomic E-state index is 6.03. The van der Waals surface area contributed by atoms with E-state index in [-0.39, 0.29) is 0 Å². The number of nitrogens with one attached hydrogen (secondary N) is 1. The fourth-order valence-corrected chi connectivity index (χ4v) is 2.81. The van der Waals surface area contributed by atoms with Crippen molar-refractivity contribution in [3.8, 4) is 0 Å². The summed E-state index contributed by atoms with van der Waals surface area (Å²) in [5.74, 6) is 0. The zero-order chi connectivity index (χ0) is 12.1. The van der Waals surface area contributed by atoms with Gasteiger partial charge in [-0.1, -0.05) is 29.4 Å². The van der Waals surface area contributed by atoms with Crippen molar-refractivity contribution in [3.63, 3.8) is 0 Å². The number of aromatic nitrogens is 2. The second-order valence-corrected chi connectivity index (χ2v) is 5.82. The van der Waals surface area contributed by atoms with E-state index in [9.17, 15) is 0 Å². The van der Waals surface area contributed by atoms with E-state index in [1.807, 2.05) is 0 Å². The third kappa shape index (κ3) is 3.88. The average Bonchev–Trinajstić information content (AvgIpc) is 2.75. The molecule has 1 aromatic heterocycles. The molecule has 2 rings (SSSR count). The van der Waals surface area contributed by atoms with E-state index in [4.69, 9.17) is 11.6 Å². The number of likely N-dealkylation sites (N-methyl/N-ethyl adjacent to an activating group) is 1. The predicted octanol–water partition coefficient (Wildman–Crippen LogP) is 2.16. The lowest BCUT2D eigenvalue weighted by Gasteiger charge is -2.29. The minimum atomic E-state index is 0.620. The molecule has 0 radical (unpaired) electrons. The standard InChI is InChI=1S/C11H19ClN4S/c1-2-16(7-9-5-3-4-6-13-9)8-10-11(12)17-15-14-10/h9,13H,2-8H2,1H3. The molecular weight excluding hydrogens is 256 g/mol. The van der Waals surface area contributed by atoms with Crippen LogP contribution in [0.2, 0.25) is 4.34 Å². The van der Waals surface area contributed by atoms with Gasteiger partial charge in [0.1, 0.15) is 10.0 Å². The van der Waals surface area contributed by atoms with Gasteiger partial charge in [-0.05, 0) is 25.9 Å². The van der Waals surface area contributed by atoms with Crippen molar-refractivity contribution in [1.82, 2.24) is 19.8 Å². The van der Waals surface area contributed by atoms with Crippen LogP contribution >= 0.6 is 23.1 Å². The summed E-state index contributed by atoms with van der Waals surface area (Å²) in [5.41, 5.74) is 0.911. The zero-order valence-corrected chi connectivity index (χ0v) is 11.7. The highest BCUT2D eigenvalue weighted by Crippen LogP contribution is 2.19. The van der Waals surface area contributed by atoms with Gasteiger partial charge >= 0.3 is 0 Å². The lowest BCUT2D eigenvalue weighted by molar-refractivity contribution is 0.224. The summed E-state index contributed by atoms with van der Waals surface area (Å²) in [7, 11) is 0. The van der Waals surface area contributed by atoms with Crippen molar-refractivity contribution in [3.05, 3.63) is 10.0 Å². The second kappa shape index (κ2) is 6.64. The lowest BCUT2D eigenvalue weighted by atomic mass is 10.0. The third-order valence-corrected chi connectivity index (χ3v) is 4.21. The largest absolute Gasteiger partial charge is 0.313 e. The van der Waals surface area contributed by atoms with Crippen LogP contribution in [0, 0.1) is 0 Å². The summed E-state index contributed by atoms with van der Waals surface area (Å²) in [6.07, 6.45) is 3.93. The van der Waals surface area contributed by atoms with Crippen molar-refractivity contribution < 1.29 is 0 Å². The Balaban J connectivity index is 1.85. The van der Waals surface area contributed by atoms with Gasteiger partial charge in [0, 0.05) is 30.7 Å². The number of nitrogens with zero attached hydrogens (tertiary/aromatic N) is 3. The van der Waals surface area contributed by atoms with Gasteiger partial charge in [0.2, 0.25) is 0 Å². The molecule has 1 aliphatic heterocycles. The van der Waals surface area contributed by atoms with Gasteiger partial charge in [-0.15, -0.1) is 5.10 Å². The molecule has 4 nitrogen and oxygen atoms in total. The minimum absolute atomic E-state index is 0.620. The summed E-state index contributed by atoms with van der Waals surface area (Å²) in [4.78, 5) is 2.38. The van der Waals surface area contributed by atoms with Crippen LogP contribution in [0.15, 0.2) is 0 Å². The van der Waals surface area contributed by atoms with Crippen LogP contribution in [-0.2, 0) is 6.54 Å². The van der Waals surface area contributed by atoms with Gasteiger partial charge in [0.05, 0.1) is 0 Å². The van der Waals surface area contributed by atoms with Crippen molar-refractivity contribution in [1.29, 1.82) is 0 Å². The Bertz CT molecular complexity index is 338. The Morgan fingerprint density at radius 1 is 1.53 bits per heavy atom. The van der Waals surface area contributed by atoms with Crippen LogP contribution < -0.4 is 5.32 Å². The van der Waals surface area contributed by atoms with E-state index in [1.165, 1.54) is 30.8 Å². The van der Waals surface area contributed by atoms with Crippen LogP contribution in [0.3, 0.4) is 0 Å². The Kier molecular flexibility index (Phi) is 5.16. The molecule has 1 N–H and O–H groups in total. The molecule has 0 saturated carbocycles. The molecule has 17 heavy (non-hydrogen) atoms. The molecule has 6 heteroatoms. The molecule has 0 spiro atoms. The summed E-state index contributed by atoms with van der Waals surface area (Å²) in [6.45, 7) is 6.23. The quantitative estimate of drug-likeness (QED) is 0.893. The smallest absolute Gasteiger partial charge is 0.138 e. The predicted molar refractivity (Wildman–Crippen MR) is 71.5 cm³/mol. The normalized spacial score (nSPS) is 21.0. The molecule has 2 heterocycles. The molecule has 0 amide bonds. The summed E-state index contributed by atoms with van der Waals surface area (Å²) in [5, 5.41) is 7.64. The second-order valence-electron chi connectivity index (χ2n) is 4.47. The summed E-state index contributed by atoms with van der Waals surface area (Å²) >= 11 is 7.30. The molecule has 96 valence electrons. The number of hydrogen-bond donors (Lipinski definition) is 1. The molecule has 1 aliphatic rings. The molecule has 1 fully saturated rings. The highest BCUT2D eigenvalue weighted by atomic mass is 35.5. The summed E-state index contributed by atoms with van der Waals surface area (Å²) < 4.78 is 4.60. The van der Waals surface area contributed by atoms with Crippen molar-refractivity contribution >= 4 is 23.1 Å². The van der Waals surface area contributed by atoms with Crippen molar-refractivity contribution in [2.24, 2.45) is 0 Å². The van der Waals surface area contributed by atoms with Gasteiger partial charge in [-0.3, -0.25) is 4.90 Å². The number of rotatable bonds is 5. The zero-order valence-electron chi connectivity index (χ0n) is 10.2. The Hall–Kier alpha value is -0.230. The van der Waals surface area contributed by atoms with Crippen molar-refractivity contribution in [2.45, 2.75) is 38.8 Å². The van der Waals surface area contributed by atoms with E-state index in [0.717, 1.165) is 36.2 Å². The molecule has 0 aromatic carbocycles. The van der Waals surface area contributed by atoms with Gasteiger partial charge in [0.25, 0.3) is 0 Å². The molecule has 0 aliphatic carbocycles. The lowest BCUT2D eigenvalue weighted by Crippen LogP contribution is -2.43. The first-order chi connectivity index (χ1) is 8.29. The fraction of sp³-hybridized carbons (Fsp3) is 0.818. The molecule has 0 bridgehead atoms. The molecular formula is C11H19ClN4S. The number of piperidine rings is 1. The first-order valence-electron chi connectivity index (χ1n) is 6.22. The number of halogens is 1. The van der Waals surface area contributed by atoms with Crippen molar-refractivity contribution in [2.75, 3.05) is 19.6 Å². The molecule has 1 saturated heterocycles. The highest BCUT2D eigenvalue weighted by molar-refractivity contribution is 7.10. The Morgan fingerprint density at radius 2 is 2.41 bits per heavy atom. The molecule has 1 unspecified atom stereocenters. The van der Waals surface area contributed by atoms with Crippen LogP contribution in [0.5, 0.6) is 0 Å². The maximum absolute atomic E-state index is 6.03. The molecule has 1 atom stereocenters. The average molecular weight is 275 g/mol. The molecule has 1 aromatic rings. The van der Waals surface area contributed by atoms with Gasteiger partial charge in [0.15, 0.2) is 0 Å². The van der Waals surface area contributed by atoms with E-state index in [2.05, 4.69) is 26.7 Å². The Morgan fingerprint density at radius 3 is 3.00 bits per heavy atom. The number of hydrogen-bond acceptors (Lipinski definition) is 5. The topological polar surface area (TPSA) is 41.1 Å². The Labute approximate surface area is 112 Å². The summed E-state index contributed by atoms with van der Waals surface area (Å²) in [6, 6.07) is 0.620. The van der Waals surface area contributed by atoms with Gasteiger partial charge in [-0.25, -0.2) is 0 Å². The van der Waals surface area contributed by atoms with Gasteiger partial charge < -0.3 is 5.32 Å². The SMILES string of the molecule is CCN(Cc1nnsc1Cl)CC1CCCCN1. The first-order valence-corrected chi connectivity index (χ1v) is 7.37. The first kappa shape index (κ1) is 13.2. The van der Waals surface area contributed by atoms with Crippen LogP contribution in [-0.4, -0.2) is 40.2 Å². The van der Waals surface area contributed by atoms with E-state index >= 15 is 0 Å². The van der Waals surface area contributed by atoms with Crippen LogP contribution in [0.4, 0.5) is 0 Å². The highest BCUT2D eigenvalue weighted by Gasteiger charge is 2.17. The van der Waals surface area contributed by atoms with Crippen LogP contribution in [0.25, 0.3) is 0 Å². The van der Waals surface area contributed by atoms with E-state index < -0.39 is 0 Å². The monoisotopic (exact) mass is 274 g/mol. The van der Waals surface area contributed by atoms with E-state index in [0.29, 0.717) is 6.04 Å². The van der Waals surface area contributed by atoms with Crippen LogP contribution in [0.1, 0.15) is 31.9 Å².